The van der Waals surface area contributed by atoms with Crippen molar-refractivity contribution in [2.75, 3.05) is 23.4 Å². The molecule has 1 aromatic rings. The van der Waals surface area contributed by atoms with E-state index >= 15 is 0 Å². The third-order valence-corrected chi connectivity index (χ3v) is 3.82. The van der Waals surface area contributed by atoms with Crippen molar-refractivity contribution >= 4 is 23.4 Å². The Morgan fingerprint density at radius 3 is 2.94 bits per heavy atom. The van der Waals surface area contributed by atoms with Crippen LogP contribution in [0.3, 0.4) is 0 Å². The van der Waals surface area contributed by atoms with Gasteiger partial charge in [-0.3, -0.25) is 4.99 Å². The quantitative estimate of drug-likeness (QED) is 0.623. The highest BCUT2D eigenvalue weighted by atomic mass is 32.2. The van der Waals surface area contributed by atoms with Gasteiger partial charge in [-0.1, -0.05) is 18.2 Å². The van der Waals surface area contributed by atoms with Gasteiger partial charge in [0.2, 0.25) is 0 Å². The summed E-state index contributed by atoms with van der Waals surface area (Å²) in [6.45, 7) is 0.846. The number of anilines is 1. The lowest BCUT2D eigenvalue weighted by atomic mass is 10.1. The molecule has 1 aliphatic rings. The maximum atomic E-state index is 5.82. The molecule has 1 saturated heterocycles. The van der Waals surface area contributed by atoms with E-state index in [2.05, 4.69) is 10.3 Å². The Morgan fingerprint density at radius 2 is 2.25 bits per heavy atom. The topological polar surface area (TPSA) is 50.4 Å². The van der Waals surface area contributed by atoms with Gasteiger partial charge in [0.25, 0.3) is 0 Å². The molecule has 1 atom stereocenters. The van der Waals surface area contributed by atoms with E-state index in [4.69, 9.17) is 5.73 Å². The van der Waals surface area contributed by atoms with Crippen molar-refractivity contribution in [3.8, 4) is 0 Å². The molecule has 1 heterocycles. The third kappa shape index (κ3) is 3.45. The van der Waals surface area contributed by atoms with Crippen molar-refractivity contribution in [3.63, 3.8) is 0 Å². The second kappa shape index (κ2) is 5.80. The summed E-state index contributed by atoms with van der Waals surface area (Å²) in [6.07, 6.45) is 1.27. The Kier molecular flexibility index (Phi) is 4.10. The highest BCUT2D eigenvalue weighted by Gasteiger charge is 2.14. The zero-order valence-electron chi connectivity index (χ0n) is 9.23. The predicted octanol–water partition coefficient (Wildman–Crippen LogP) is 2.17. The fourth-order valence-corrected chi connectivity index (χ4v) is 2.94. The van der Waals surface area contributed by atoms with Crippen molar-refractivity contribution in [1.82, 2.24) is 0 Å². The number of nitrogens with zero attached hydrogens (tertiary/aromatic N) is 1. The van der Waals surface area contributed by atoms with Gasteiger partial charge in [0.1, 0.15) is 0 Å². The monoisotopic (exact) mass is 235 g/mol. The van der Waals surface area contributed by atoms with Gasteiger partial charge in [0.15, 0.2) is 5.96 Å². The van der Waals surface area contributed by atoms with Crippen LogP contribution in [0.25, 0.3) is 0 Å². The van der Waals surface area contributed by atoms with E-state index in [1.165, 1.54) is 17.9 Å². The number of guanidine groups is 1. The van der Waals surface area contributed by atoms with Gasteiger partial charge in [-0.05, 0) is 36.0 Å². The number of aliphatic imine (C=N–C) groups is 1. The molecule has 0 radical (unpaired) electrons. The summed E-state index contributed by atoms with van der Waals surface area (Å²) in [4.78, 5) is 4.37. The molecule has 1 unspecified atom stereocenters. The molecule has 1 aromatic carbocycles. The number of nitrogens with one attached hydrogen (secondary N) is 1. The van der Waals surface area contributed by atoms with Gasteiger partial charge < -0.3 is 11.1 Å². The summed E-state index contributed by atoms with van der Waals surface area (Å²) in [5.74, 6) is 3.72. The van der Waals surface area contributed by atoms with Crippen LogP contribution in [-0.4, -0.2) is 24.0 Å². The van der Waals surface area contributed by atoms with Crippen LogP contribution < -0.4 is 11.1 Å². The molecule has 4 heteroatoms. The molecule has 1 fully saturated rings. The van der Waals surface area contributed by atoms with Crippen molar-refractivity contribution in [2.45, 2.75) is 6.42 Å². The van der Waals surface area contributed by atoms with E-state index in [1.807, 2.05) is 42.1 Å². The Hall–Kier alpha value is -1.16. The molecule has 2 rings (SSSR count). The zero-order valence-corrected chi connectivity index (χ0v) is 10.0. The average molecular weight is 235 g/mol. The van der Waals surface area contributed by atoms with Crippen molar-refractivity contribution in [1.29, 1.82) is 0 Å². The molecule has 16 heavy (non-hydrogen) atoms. The maximum absolute atomic E-state index is 5.82. The van der Waals surface area contributed by atoms with Crippen LogP contribution in [-0.2, 0) is 0 Å². The summed E-state index contributed by atoms with van der Waals surface area (Å²) in [6, 6.07) is 9.89. The van der Waals surface area contributed by atoms with E-state index in [0.29, 0.717) is 11.9 Å². The number of nitrogens with two attached hydrogens (primary N) is 1. The highest BCUT2D eigenvalue weighted by Crippen LogP contribution is 2.23. The van der Waals surface area contributed by atoms with Crippen LogP contribution in [0, 0.1) is 5.92 Å². The molecule has 1 aliphatic heterocycles. The molecule has 0 aromatic heterocycles. The van der Waals surface area contributed by atoms with Crippen molar-refractivity contribution in [3.05, 3.63) is 30.3 Å². The molecule has 3 N–H and O–H groups in total. The fourth-order valence-electron chi connectivity index (χ4n) is 1.66. The summed E-state index contributed by atoms with van der Waals surface area (Å²) in [5.41, 5.74) is 6.81. The molecule has 0 aliphatic carbocycles. The standard InChI is InChI=1S/C12H17N3S/c13-12(14-8-10-6-7-16-9-10)15-11-4-2-1-3-5-11/h1-5,10H,6-9H2,(H3,13,14,15). The molecular weight excluding hydrogens is 218 g/mol. The van der Waals surface area contributed by atoms with Crippen LogP contribution in [0.15, 0.2) is 35.3 Å². The molecule has 86 valence electrons. The van der Waals surface area contributed by atoms with E-state index in [9.17, 15) is 0 Å². The minimum atomic E-state index is 0.517. The second-order valence-corrected chi connectivity index (χ2v) is 5.10. The number of para-hydroxylation sites is 1. The smallest absolute Gasteiger partial charge is 0.193 e. The molecule has 0 saturated carbocycles. The van der Waals surface area contributed by atoms with Crippen LogP contribution in [0.2, 0.25) is 0 Å². The van der Waals surface area contributed by atoms with Gasteiger partial charge in [-0.2, -0.15) is 11.8 Å². The van der Waals surface area contributed by atoms with E-state index in [1.54, 1.807) is 0 Å². The highest BCUT2D eigenvalue weighted by molar-refractivity contribution is 7.99. The van der Waals surface area contributed by atoms with Crippen LogP contribution in [0.1, 0.15) is 6.42 Å². The predicted molar refractivity (Wildman–Crippen MR) is 72.0 cm³/mol. The number of hydrogen-bond acceptors (Lipinski definition) is 2. The first-order valence-electron chi connectivity index (χ1n) is 5.54. The summed E-state index contributed by atoms with van der Waals surface area (Å²) >= 11 is 2.01. The van der Waals surface area contributed by atoms with Gasteiger partial charge in [-0.15, -0.1) is 0 Å². The van der Waals surface area contributed by atoms with Gasteiger partial charge in [0.05, 0.1) is 0 Å². The SMILES string of the molecule is NC(=NCC1CCSC1)Nc1ccccc1. The first-order valence-corrected chi connectivity index (χ1v) is 6.70. The largest absolute Gasteiger partial charge is 0.370 e. The minimum absolute atomic E-state index is 0.517. The minimum Gasteiger partial charge on any atom is -0.370 e. The van der Waals surface area contributed by atoms with E-state index < -0.39 is 0 Å². The normalized spacial score (nSPS) is 21.0. The summed E-state index contributed by atoms with van der Waals surface area (Å²) in [7, 11) is 0. The van der Waals surface area contributed by atoms with E-state index in [-0.39, 0.29) is 0 Å². The number of benzene rings is 1. The van der Waals surface area contributed by atoms with E-state index in [0.717, 1.165) is 12.2 Å². The van der Waals surface area contributed by atoms with Crippen LogP contribution in [0.5, 0.6) is 0 Å². The zero-order chi connectivity index (χ0) is 11.2. The molecule has 0 amide bonds. The Bertz CT molecular complexity index is 345. The van der Waals surface area contributed by atoms with Crippen LogP contribution in [0.4, 0.5) is 5.69 Å². The Balaban J connectivity index is 1.82. The lowest BCUT2D eigenvalue weighted by Crippen LogP contribution is -2.23. The Labute approximate surface area is 101 Å². The lowest BCUT2D eigenvalue weighted by molar-refractivity contribution is 0.613. The average Bonchev–Trinajstić information content (AvgIpc) is 2.81. The molecule has 3 nitrogen and oxygen atoms in total. The fraction of sp³-hybridized carbons (Fsp3) is 0.417. The number of hydrogen-bond donors (Lipinski definition) is 2. The van der Waals surface area contributed by atoms with Crippen LogP contribution >= 0.6 is 11.8 Å². The summed E-state index contributed by atoms with van der Waals surface area (Å²) in [5, 5.41) is 3.09. The first kappa shape index (κ1) is 11.3. The lowest BCUT2D eigenvalue weighted by Gasteiger charge is -2.07. The molecule has 0 spiro atoms. The third-order valence-electron chi connectivity index (χ3n) is 2.59. The Morgan fingerprint density at radius 1 is 1.44 bits per heavy atom. The maximum Gasteiger partial charge on any atom is 0.193 e. The van der Waals surface area contributed by atoms with Gasteiger partial charge in [-0.25, -0.2) is 0 Å². The van der Waals surface area contributed by atoms with Crippen molar-refractivity contribution < 1.29 is 0 Å². The molecule has 0 bridgehead atoms. The second-order valence-electron chi connectivity index (χ2n) is 3.95. The van der Waals surface area contributed by atoms with Gasteiger partial charge >= 0.3 is 0 Å². The summed E-state index contributed by atoms with van der Waals surface area (Å²) < 4.78 is 0. The number of rotatable bonds is 3. The van der Waals surface area contributed by atoms with Gasteiger partial charge in [0, 0.05) is 12.2 Å². The number of thioether (sulfide) groups is 1. The first-order chi connectivity index (χ1) is 7.84. The van der Waals surface area contributed by atoms with Crippen molar-refractivity contribution in [2.24, 2.45) is 16.6 Å². The molecular formula is C12H17N3S.